The third kappa shape index (κ3) is 3.58. The molecule has 0 atom stereocenters. The summed E-state index contributed by atoms with van der Waals surface area (Å²) in [6.07, 6.45) is 4.29. The minimum absolute atomic E-state index is 0.922. The van der Waals surface area contributed by atoms with Crippen molar-refractivity contribution in [2.75, 3.05) is 27.2 Å². The zero-order valence-corrected chi connectivity index (χ0v) is 11.1. The van der Waals surface area contributed by atoms with Crippen molar-refractivity contribution in [1.82, 2.24) is 10.0 Å². The molecule has 1 aromatic rings. The van der Waals surface area contributed by atoms with E-state index in [1.807, 2.05) is 38.5 Å². The molecule has 2 rings (SSSR count). The molecule has 1 aliphatic rings. The van der Waals surface area contributed by atoms with Crippen molar-refractivity contribution in [3.8, 4) is 0 Å². The van der Waals surface area contributed by atoms with E-state index in [0.717, 1.165) is 24.4 Å². The van der Waals surface area contributed by atoms with Crippen LogP contribution >= 0.6 is 0 Å². The lowest BCUT2D eigenvalue weighted by Crippen LogP contribution is -2.17. The average Bonchev–Trinajstić information content (AvgIpc) is 2.88. The maximum Gasteiger partial charge on any atom is 0.110 e. The first-order valence-electron chi connectivity index (χ1n) is 6.36. The predicted octanol–water partition coefficient (Wildman–Crippen LogP) is 2.03. The van der Waals surface area contributed by atoms with Crippen molar-refractivity contribution in [3.05, 3.63) is 35.9 Å². The van der Waals surface area contributed by atoms with Crippen LogP contribution in [0.2, 0.25) is 0 Å². The molecule has 1 fully saturated rings. The minimum Gasteiger partial charge on any atom is -0.303 e. The number of rotatable bonds is 4. The summed E-state index contributed by atoms with van der Waals surface area (Å²) in [5.74, 6) is 0. The SMILES string of the molecule is CN(C)/N=C/C(=N\N1CCCC1)c1ccccc1. The molecule has 0 bridgehead atoms. The fourth-order valence-electron chi connectivity index (χ4n) is 1.89. The first-order chi connectivity index (χ1) is 8.75. The van der Waals surface area contributed by atoms with Gasteiger partial charge in [0.25, 0.3) is 0 Å². The minimum atomic E-state index is 0.922. The average molecular weight is 244 g/mol. The van der Waals surface area contributed by atoms with Crippen LogP contribution in [-0.2, 0) is 0 Å². The van der Waals surface area contributed by atoms with Crippen LogP contribution in [0.15, 0.2) is 40.5 Å². The Morgan fingerprint density at radius 3 is 2.44 bits per heavy atom. The lowest BCUT2D eigenvalue weighted by Gasteiger charge is -2.12. The van der Waals surface area contributed by atoms with Crippen molar-refractivity contribution < 1.29 is 0 Å². The molecule has 0 aliphatic carbocycles. The highest BCUT2D eigenvalue weighted by Gasteiger charge is 2.10. The van der Waals surface area contributed by atoms with Crippen molar-refractivity contribution in [3.63, 3.8) is 0 Å². The van der Waals surface area contributed by atoms with E-state index in [2.05, 4.69) is 22.2 Å². The second-order valence-electron chi connectivity index (χ2n) is 4.60. The first kappa shape index (κ1) is 12.6. The summed E-state index contributed by atoms with van der Waals surface area (Å²) in [6.45, 7) is 2.10. The Kier molecular flexibility index (Phi) is 4.34. The molecule has 1 heterocycles. The number of hydrogen-bond acceptors (Lipinski definition) is 4. The lowest BCUT2D eigenvalue weighted by atomic mass is 10.1. The Morgan fingerprint density at radius 2 is 1.83 bits per heavy atom. The molecule has 4 nitrogen and oxygen atoms in total. The van der Waals surface area contributed by atoms with Gasteiger partial charge in [-0.15, -0.1) is 0 Å². The van der Waals surface area contributed by atoms with Crippen LogP contribution in [-0.4, -0.2) is 49.1 Å². The van der Waals surface area contributed by atoms with Gasteiger partial charge in [-0.05, 0) is 12.8 Å². The molecule has 0 N–H and O–H groups in total. The van der Waals surface area contributed by atoms with Crippen LogP contribution in [0.25, 0.3) is 0 Å². The fraction of sp³-hybridized carbons (Fsp3) is 0.429. The van der Waals surface area contributed by atoms with Crippen molar-refractivity contribution in [2.45, 2.75) is 12.8 Å². The Morgan fingerprint density at radius 1 is 1.17 bits per heavy atom. The highest BCUT2D eigenvalue weighted by atomic mass is 15.5. The van der Waals surface area contributed by atoms with E-state index < -0.39 is 0 Å². The van der Waals surface area contributed by atoms with E-state index >= 15 is 0 Å². The van der Waals surface area contributed by atoms with Crippen molar-refractivity contribution in [2.24, 2.45) is 10.2 Å². The largest absolute Gasteiger partial charge is 0.303 e. The zero-order valence-electron chi connectivity index (χ0n) is 11.1. The summed E-state index contributed by atoms with van der Waals surface area (Å²) >= 11 is 0. The van der Waals surface area contributed by atoms with E-state index in [4.69, 9.17) is 5.10 Å². The second kappa shape index (κ2) is 6.19. The smallest absolute Gasteiger partial charge is 0.110 e. The fourth-order valence-corrected chi connectivity index (χ4v) is 1.89. The molecule has 0 aromatic heterocycles. The molecule has 1 aliphatic heterocycles. The zero-order chi connectivity index (χ0) is 12.8. The van der Waals surface area contributed by atoms with Gasteiger partial charge in [0.1, 0.15) is 5.71 Å². The first-order valence-corrected chi connectivity index (χ1v) is 6.36. The van der Waals surface area contributed by atoms with Crippen molar-refractivity contribution >= 4 is 11.9 Å². The van der Waals surface area contributed by atoms with Crippen molar-refractivity contribution in [1.29, 1.82) is 0 Å². The Bertz CT molecular complexity index is 417. The van der Waals surface area contributed by atoms with Gasteiger partial charge in [0.15, 0.2) is 0 Å². The van der Waals surface area contributed by atoms with Gasteiger partial charge in [-0.25, -0.2) is 0 Å². The van der Waals surface area contributed by atoms with Gasteiger partial charge in [-0.2, -0.15) is 10.2 Å². The van der Waals surface area contributed by atoms with Crippen LogP contribution in [0.4, 0.5) is 0 Å². The van der Waals surface area contributed by atoms with Gasteiger partial charge in [0, 0.05) is 32.7 Å². The summed E-state index contributed by atoms with van der Waals surface area (Å²) < 4.78 is 0. The second-order valence-corrected chi connectivity index (χ2v) is 4.60. The third-order valence-electron chi connectivity index (χ3n) is 2.81. The number of hydrogen-bond donors (Lipinski definition) is 0. The van der Waals surface area contributed by atoms with Crippen LogP contribution in [0.3, 0.4) is 0 Å². The Hall–Kier alpha value is -1.84. The summed E-state index contributed by atoms with van der Waals surface area (Å²) in [4.78, 5) is 0. The standard InChI is InChI=1S/C14H20N4/c1-17(2)15-12-14(13-8-4-3-5-9-13)16-18-10-6-7-11-18/h3-5,8-9,12H,6-7,10-11H2,1-2H3/b15-12+,16-14+. The molecule has 0 unspecified atom stereocenters. The molecular formula is C14H20N4. The number of hydrazone groups is 2. The molecular weight excluding hydrogens is 224 g/mol. The quantitative estimate of drug-likeness (QED) is 0.599. The van der Waals surface area contributed by atoms with Gasteiger partial charge < -0.3 is 5.01 Å². The van der Waals surface area contributed by atoms with Gasteiger partial charge in [-0.3, -0.25) is 5.01 Å². The normalized spacial score (nSPS) is 16.6. The molecule has 0 saturated carbocycles. The molecule has 1 aromatic carbocycles. The van der Waals surface area contributed by atoms with Crippen LogP contribution in [0.5, 0.6) is 0 Å². The molecule has 0 spiro atoms. The highest BCUT2D eigenvalue weighted by Crippen LogP contribution is 2.09. The predicted molar refractivity (Wildman–Crippen MR) is 76.0 cm³/mol. The molecule has 18 heavy (non-hydrogen) atoms. The van der Waals surface area contributed by atoms with E-state index in [1.165, 1.54) is 12.8 Å². The van der Waals surface area contributed by atoms with E-state index in [0.29, 0.717) is 0 Å². The van der Waals surface area contributed by atoms with Crippen LogP contribution in [0.1, 0.15) is 18.4 Å². The Balaban J connectivity index is 2.22. The molecule has 1 saturated heterocycles. The number of benzene rings is 1. The summed E-state index contributed by atoms with van der Waals surface area (Å²) in [5.41, 5.74) is 2.03. The topological polar surface area (TPSA) is 31.2 Å². The van der Waals surface area contributed by atoms with E-state index in [9.17, 15) is 0 Å². The van der Waals surface area contributed by atoms with E-state index in [1.54, 1.807) is 5.01 Å². The monoisotopic (exact) mass is 244 g/mol. The molecule has 4 heteroatoms. The summed E-state index contributed by atoms with van der Waals surface area (Å²) in [7, 11) is 3.82. The highest BCUT2D eigenvalue weighted by molar-refractivity contribution is 6.38. The third-order valence-corrected chi connectivity index (χ3v) is 2.81. The lowest BCUT2D eigenvalue weighted by molar-refractivity contribution is 0.361. The van der Waals surface area contributed by atoms with E-state index in [-0.39, 0.29) is 0 Å². The van der Waals surface area contributed by atoms with Gasteiger partial charge in [0.05, 0.1) is 6.21 Å². The maximum atomic E-state index is 4.69. The molecule has 96 valence electrons. The Labute approximate surface area is 109 Å². The molecule has 0 amide bonds. The number of nitrogens with zero attached hydrogens (tertiary/aromatic N) is 4. The maximum absolute atomic E-state index is 4.69. The summed E-state index contributed by atoms with van der Waals surface area (Å²) in [6, 6.07) is 10.2. The van der Waals surface area contributed by atoms with Crippen LogP contribution < -0.4 is 0 Å². The van der Waals surface area contributed by atoms with Crippen LogP contribution in [0, 0.1) is 0 Å². The summed E-state index contributed by atoms with van der Waals surface area (Å²) in [5, 5.41) is 12.9. The van der Waals surface area contributed by atoms with Gasteiger partial charge in [0.2, 0.25) is 0 Å². The molecule has 0 radical (unpaired) electrons. The van der Waals surface area contributed by atoms with Gasteiger partial charge in [-0.1, -0.05) is 30.3 Å². The van der Waals surface area contributed by atoms with Gasteiger partial charge >= 0.3 is 0 Å².